The highest BCUT2D eigenvalue weighted by Gasteiger charge is 2.25. The topological polar surface area (TPSA) is 25.2 Å². The van der Waals surface area contributed by atoms with E-state index in [4.69, 9.17) is 4.42 Å². The van der Waals surface area contributed by atoms with Gasteiger partial charge in [-0.05, 0) is 12.1 Å². The van der Waals surface area contributed by atoms with Gasteiger partial charge in [0, 0.05) is 24.1 Å². The van der Waals surface area contributed by atoms with Crippen molar-refractivity contribution in [2.24, 2.45) is 0 Å². The van der Waals surface area contributed by atoms with Gasteiger partial charge in [0.25, 0.3) is 0 Å². The Morgan fingerprint density at radius 2 is 2.06 bits per heavy atom. The number of fused-ring (bicyclic) bond motifs is 1. The summed E-state index contributed by atoms with van der Waals surface area (Å²) in [6, 6.07) is 8.70. The summed E-state index contributed by atoms with van der Waals surface area (Å²) in [5.74, 6) is 0.793. The van der Waals surface area contributed by atoms with Gasteiger partial charge in [0.1, 0.15) is 11.6 Å². The van der Waals surface area contributed by atoms with Gasteiger partial charge in [-0.1, -0.05) is 18.2 Å². The Balaban J connectivity index is 2.08. The molecule has 1 aromatic carbocycles. The summed E-state index contributed by atoms with van der Waals surface area (Å²) in [5, 5.41) is 3.32. The lowest BCUT2D eigenvalue weighted by atomic mass is 9.95. The molecule has 1 aromatic heterocycles. The average molecular weight is 217 g/mol. The summed E-state index contributed by atoms with van der Waals surface area (Å²) in [6.07, 6.45) is 2.54. The lowest BCUT2D eigenvalue weighted by Gasteiger charge is -2.23. The van der Waals surface area contributed by atoms with Crippen LogP contribution in [0.15, 0.2) is 41.0 Å². The monoisotopic (exact) mass is 217 g/mol. The van der Waals surface area contributed by atoms with E-state index in [2.05, 4.69) is 5.32 Å². The Kier molecular flexibility index (Phi) is 2.26. The molecular weight excluding hydrogens is 205 g/mol. The molecular formula is C13H12FNO. The van der Waals surface area contributed by atoms with Crippen molar-refractivity contribution in [2.75, 3.05) is 6.54 Å². The summed E-state index contributed by atoms with van der Waals surface area (Å²) < 4.78 is 19.1. The van der Waals surface area contributed by atoms with Gasteiger partial charge >= 0.3 is 0 Å². The first kappa shape index (κ1) is 9.60. The molecule has 0 radical (unpaired) electrons. The van der Waals surface area contributed by atoms with E-state index in [1.165, 1.54) is 6.07 Å². The van der Waals surface area contributed by atoms with Crippen molar-refractivity contribution >= 4 is 0 Å². The Morgan fingerprint density at radius 3 is 2.94 bits per heavy atom. The van der Waals surface area contributed by atoms with E-state index in [1.807, 2.05) is 18.2 Å². The quantitative estimate of drug-likeness (QED) is 0.794. The fourth-order valence-corrected chi connectivity index (χ4v) is 2.24. The van der Waals surface area contributed by atoms with Crippen LogP contribution >= 0.6 is 0 Å². The second-order valence-electron chi connectivity index (χ2n) is 3.96. The highest BCUT2D eigenvalue weighted by molar-refractivity contribution is 5.35. The molecule has 1 unspecified atom stereocenters. The van der Waals surface area contributed by atoms with E-state index in [9.17, 15) is 4.39 Å². The summed E-state index contributed by atoms with van der Waals surface area (Å²) in [4.78, 5) is 0. The van der Waals surface area contributed by atoms with Gasteiger partial charge in [-0.25, -0.2) is 4.39 Å². The van der Waals surface area contributed by atoms with Crippen LogP contribution in [0.1, 0.15) is 22.9 Å². The molecule has 3 heteroatoms. The maximum Gasteiger partial charge on any atom is 0.128 e. The van der Waals surface area contributed by atoms with Gasteiger partial charge in [0.15, 0.2) is 0 Å². The van der Waals surface area contributed by atoms with E-state index in [0.717, 1.165) is 24.3 Å². The molecule has 0 aliphatic carbocycles. The molecule has 0 fully saturated rings. The zero-order chi connectivity index (χ0) is 11.0. The van der Waals surface area contributed by atoms with E-state index < -0.39 is 0 Å². The second kappa shape index (κ2) is 3.76. The normalized spacial score (nSPS) is 19.4. The van der Waals surface area contributed by atoms with Crippen LogP contribution in [0.3, 0.4) is 0 Å². The summed E-state index contributed by atoms with van der Waals surface area (Å²) in [6.45, 7) is 0.819. The molecule has 1 N–H and O–H groups in total. The molecule has 0 saturated heterocycles. The minimum Gasteiger partial charge on any atom is -0.469 e. The molecule has 1 atom stereocenters. The van der Waals surface area contributed by atoms with Crippen LogP contribution in [0.2, 0.25) is 0 Å². The molecule has 82 valence electrons. The fraction of sp³-hybridized carbons (Fsp3) is 0.231. The number of furan rings is 1. The fourth-order valence-electron chi connectivity index (χ4n) is 2.24. The van der Waals surface area contributed by atoms with Gasteiger partial charge in [0.05, 0.1) is 12.3 Å². The van der Waals surface area contributed by atoms with Gasteiger partial charge in [0.2, 0.25) is 0 Å². The molecule has 2 aromatic rings. The molecule has 16 heavy (non-hydrogen) atoms. The highest BCUT2D eigenvalue weighted by atomic mass is 19.1. The number of hydrogen-bond donors (Lipinski definition) is 1. The molecule has 1 aliphatic rings. The lowest BCUT2D eigenvalue weighted by molar-refractivity contribution is 0.449. The SMILES string of the molecule is Fc1ccccc1C1NCCc2occc21. The van der Waals surface area contributed by atoms with Crippen LogP contribution in [0.25, 0.3) is 0 Å². The first-order valence-electron chi connectivity index (χ1n) is 5.40. The predicted molar refractivity (Wildman–Crippen MR) is 58.7 cm³/mol. The largest absolute Gasteiger partial charge is 0.469 e. The van der Waals surface area contributed by atoms with E-state index in [0.29, 0.717) is 5.56 Å². The number of hydrogen-bond acceptors (Lipinski definition) is 2. The second-order valence-corrected chi connectivity index (χ2v) is 3.96. The Bertz CT molecular complexity index is 506. The highest BCUT2D eigenvalue weighted by Crippen LogP contribution is 2.30. The van der Waals surface area contributed by atoms with Crippen molar-refractivity contribution in [1.29, 1.82) is 0 Å². The average Bonchev–Trinajstić information content (AvgIpc) is 2.77. The third-order valence-corrected chi connectivity index (χ3v) is 3.01. The van der Waals surface area contributed by atoms with Crippen LogP contribution in [0, 0.1) is 5.82 Å². The van der Waals surface area contributed by atoms with Crippen molar-refractivity contribution in [3.8, 4) is 0 Å². The summed E-state index contributed by atoms with van der Waals surface area (Å²) in [7, 11) is 0. The van der Waals surface area contributed by atoms with Crippen molar-refractivity contribution in [3.63, 3.8) is 0 Å². The lowest BCUT2D eigenvalue weighted by Crippen LogP contribution is -2.30. The third-order valence-electron chi connectivity index (χ3n) is 3.01. The van der Waals surface area contributed by atoms with Crippen molar-refractivity contribution in [3.05, 3.63) is 59.3 Å². The van der Waals surface area contributed by atoms with Crippen LogP contribution in [0.4, 0.5) is 4.39 Å². The summed E-state index contributed by atoms with van der Waals surface area (Å²) >= 11 is 0. The number of benzene rings is 1. The van der Waals surface area contributed by atoms with Gasteiger partial charge in [-0.15, -0.1) is 0 Å². The van der Waals surface area contributed by atoms with Crippen molar-refractivity contribution in [2.45, 2.75) is 12.5 Å². The molecule has 0 bridgehead atoms. The minimum absolute atomic E-state index is 0.0799. The van der Waals surface area contributed by atoms with Crippen LogP contribution in [-0.2, 0) is 6.42 Å². The first-order valence-corrected chi connectivity index (χ1v) is 5.40. The van der Waals surface area contributed by atoms with Crippen molar-refractivity contribution < 1.29 is 8.81 Å². The minimum atomic E-state index is -0.172. The number of nitrogens with one attached hydrogen (secondary N) is 1. The molecule has 2 heterocycles. The maximum absolute atomic E-state index is 13.7. The van der Waals surface area contributed by atoms with Gasteiger partial charge in [-0.2, -0.15) is 0 Å². The van der Waals surface area contributed by atoms with Gasteiger partial charge in [-0.3, -0.25) is 0 Å². The zero-order valence-corrected chi connectivity index (χ0v) is 8.74. The predicted octanol–water partition coefficient (Wildman–Crippen LogP) is 2.65. The Morgan fingerprint density at radius 1 is 1.19 bits per heavy atom. The molecule has 2 nitrogen and oxygen atoms in total. The van der Waals surface area contributed by atoms with Crippen LogP contribution in [-0.4, -0.2) is 6.54 Å². The molecule has 1 aliphatic heterocycles. The first-order chi connectivity index (χ1) is 7.86. The number of halogens is 1. The zero-order valence-electron chi connectivity index (χ0n) is 8.74. The van der Waals surface area contributed by atoms with E-state index >= 15 is 0 Å². The molecule has 0 spiro atoms. The number of rotatable bonds is 1. The van der Waals surface area contributed by atoms with Crippen LogP contribution in [0.5, 0.6) is 0 Å². The summed E-state index contributed by atoms with van der Waals surface area (Å²) in [5.41, 5.74) is 1.74. The standard InChI is InChI=1S/C13H12FNO/c14-11-4-2-1-3-9(11)13-10-6-8-16-12(10)5-7-15-13/h1-4,6,8,13,15H,5,7H2. The van der Waals surface area contributed by atoms with Crippen LogP contribution < -0.4 is 5.32 Å². The van der Waals surface area contributed by atoms with E-state index in [-0.39, 0.29) is 11.9 Å². The third kappa shape index (κ3) is 1.44. The molecule has 0 saturated carbocycles. The van der Waals surface area contributed by atoms with Crippen molar-refractivity contribution in [1.82, 2.24) is 5.32 Å². The smallest absolute Gasteiger partial charge is 0.128 e. The molecule has 3 rings (SSSR count). The van der Waals surface area contributed by atoms with E-state index in [1.54, 1.807) is 12.3 Å². The Labute approximate surface area is 93.1 Å². The van der Waals surface area contributed by atoms with Gasteiger partial charge < -0.3 is 9.73 Å². The molecule has 0 amide bonds. The maximum atomic E-state index is 13.7. The Hall–Kier alpha value is -1.61.